The fraction of sp³-hybridized carbons (Fsp3) is 0.143. The van der Waals surface area contributed by atoms with Gasteiger partial charge in [-0.2, -0.15) is 4.28 Å². The van der Waals surface area contributed by atoms with Crippen LogP contribution in [0, 0.1) is 6.92 Å². The van der Waals surface area contributed by atoms with Crippen LogP contribution in [-0.4, -0.2) is 18.3 Å². The molecule has 0 aliphatic carbocycles. The minimum Gasteiger partial charge on any atom is -0.237 e. The Balaban J connectivity index is 1.97. The molecule has 0 N–H and O–H groups in total. The number of halogens is 1. The van der Waals surface area contributed by atoms with E-state index in [1.54, 1.807) is 42.5 Å². The van der Waals surface area contributed by atoms with E-state index in [4.69, 9.17) is 4.28 Å². The van der Waals surface area contributed by atoms with Gasteiger partial charge in [-0.3, -0.25) is 0 Å². The largest absolute Gasteiger partial charge is 0.276 e. The lowest BCUT2D eigenvalue weighted by molar-refractivity contribution is 0.308. The number of aryl methyl sites for hydroxylation is 1. The van der Waals surface area contributed by atoms with Crippen LogP contribution in [0.25, 0.3) is 0 Å². The molecule has 1 saturated heterocycles. The van der Waals surface area contributed by atoms with Gasteiger partial charge in [-0.1, -0.05) is 35.9 Å². The SMILES string of the molecule is Cc1ccc(S(=O)(=O)[N@]2O[S@@]2(CF)c2ccccc2)cc1. The summed E-state index contributed by atoms with van der Waals surface area (Å²) in [7, 11) is -6.37. The third kappa shape index (κ3) is 2.36. The summed E-state index contributed by atoms with van der Waals surface area (Å²) in [5, 5.41) is 0. The summed E-state index contributed by atoms with van der Waals surface area (Å²) in [5.74, 6) is 0. The van der Waals surface area contributed by atoms with Gasteiger partial charge in [0.1, 0.15) is 0 Å². The van der Waals surface area contributed by atoms with Gasteiger partial charge in [0.15, 0.2) is 6.01 Å². The number of hydrogen-bond acceptors (Lipinski definition) is 3. The third-order valence-electron chi connectivity index (χ3n) is 3.18. The first-order valence-corrected chi connectivity index (χ1v) is 9.37. The highest BCUT2D eigenvalue weighted by Crippen LogP contribution is 2.75. The number of alkyl halides is 1. The van der Waals surface area contributed by atoms with Crippen molar-refractivity contribution in [2.24, 2.45) is 0 Å². The van der Waals surface area contributed by atoms with Gasteiger partial charge in [0, 0.05) is 19.3 Å². The van der Waals surface area contributed by atoms with Gasteiger partial charge in [0.05, 0.1) is 4.90 Å². The molecular weight excluding hydrogens is 313 g/mol. The quantitative estimate of drug-likeness (QED) is 0.807. The summed E-state index contributed by atoms with van der Waals surface area (Å²) in [6.07, 6.45) is 0. The maximum Gasteiger partial charge on any atom is 0.276 e. The van der Waals surface area contributed by atoms with Crippen molar-refractivity contribution in [2.75, 3.05) is 6.01 Å². The lowest BCUT2D eigenvalue weighted by Crippen LogP contribution is -2.13. The lowest BCUT2D eigenvalue weighted by atomic mass is 10.2. The van der Waals surface area contributed by atoms with Crippen molar-refractivity contribution in [3.8, 4) is 0 Å². The van der Waals surface area contributed by atoms with Crippen LogP contribution in [0.1, 0.15) is 5.56 Å². The molecule has 0 spiro atoms. The Bertz CT molecular complexity index is 750. The molecule has 7 heteroatoms. The molecule has 0 bridgehead atoms. The van der Waals surface area contributed by atoms with E-state index in [1.165, 1.54) is 12.1 Å². The van der Waals surface area contributed by atoms with E-state index in [1.807, 2.05) is 6.92 Å². The molecule has 1 aliphatic heterocycles. The Hall–Kier alpha value is -1.41. The Morgan fingerprint density at radius 2 is 1.71 bits per heavy atom. The molecule has 1 aliphatic rings. The smallest absolute Gasteiger partial charge is 0.237 e. The lowest BCUT2D eigenvalue weighted by Gasteiger charge is -2.12. The van der Waals surface area contributed by atoms with Crippen molar-refractivity contribution in [2.45, 2.75) is 16.7 Å². The zero-order valence-corrected chi connectivity index (χ0v) is 12.9. The first kappa shape index (κ1) is 14.5. The summed E-state index contributed by atoms with van der Waals surface area (Å²) in [4.78, 5) is 0.662. The molecule has 0 saturated carbocycles. The summed E-state index contributed by atoms with van der Waals surface area (Å²) >= 11 is 0. The zero-order valence-electron chi connectivity index (χ0n) is 11.3. The maximum absolute atomic E-state index is 13.5. The van der Waals surface area contributed by atoms with Crippen LogP contribution in [0.15, 0.2) is 64.4 Å². The molecule has 2 aromatic carbocycles. The molecule has 0 radical (unpaired) electrons. The molecule has 21 heavy (non-hydrogen) atoms. The van der Waals surface area contributed by atoms with Crippen molar-refractivity contribution in [3.63, 3.8) is 0 Å². The second-order valence-electron chi connectivity index (χ2n) is 4.65. The number of nitrogens with zero attached hydrogens (tertiary/aromatic N) is 1. The molecular formula is C14H14FNO3S2. The summed E-state index contributed by atoms with van der Waals surface area (Å²) in [5.41, 5.74) is 0.952. The first-order chi connectivity index (χ1) is 10.0. The highest BCUT2D eigenvalue weighted by Gasteiger charge is 2.60. The van der Waals surface area contributed by atoms with E-state index in [0.29, 0.717) is 4.90 Å². The second-order valence-corrected chi connectivity index (χ2v) is 9.08. The van der Waals surface area contributed by atoms with E-state index < -0.39 is 26.5 Å². The monoisotopic (exact) mass is 327 g/mol. The van der Waals surface area contributed by atoms with Crippen molar-refractivity contribution in [1.82, 2.24) is 3.87 Å². The van der Waals surface area contributed by atoms with Gasteiger partial charge in [-0.25, -0.2) is 12.8 Å². The summed E-state index contributed by atoms with van der Waals surface area (Å²) in [6.45, 7) is 1.87. The molecule has 1 fully saturated rings. The van der Waals surface area contributed by atoms with E-state index in [0.717, 1.165) is 9.44 Å². The number of benzene rings is 2. The Morgan fingerprint density at radius 1 is 1.10 bits per heavy atom. The predicted octanol–water partition coefficient (Wildman–Crippen LogP) is 3.55. The number of rotatable bonds is 4. The highest BCUT2D eigenvalue weighted by atomic mass is 32.3. The normalized spacial score (nSPS) is 24.8. The molecule has 4 nitrogen and oxygen atoms in total. The van der Waals surface area contributed by atoms with Gasteiger partial charge in [0.2, 0.25) is 0 Å². The van der Waals surface area contributed by atoms with Gasteiger partial charge in [-0.15, -0.1) is 0 Å². The van der Waals surface area contributed by atoms with Crippen LogP contribution in [0.3, 0.4) is 0 Å². The zero-order chi connectivity index (χ0) is 15.1. The van der Waals surface area contributed by atoms with Gasteiger partial charge >= 0.3 is 0 Å². The standard InChI is InChI=1S/C14H14FNO3S2/c1-12-7-9-14(10-8-12)21(17,18)16-19-20(16,11-15)13-5-3-2-4-6-13/h2-10H,11H2,1H3/t16-/m1/s1. The van der Waals surface area contributed by atoms with E-state index in [-0.39, 0.29) is 4.90 Å². The third-order valence-corrected chi connectivity index (χ3v) is 8.05. The topological polar surface area (TPSA) is 49.7 Å². The Kier molecular flexibility index (Phi) is 3.53. The van der Waals surface area contributed by atoms with Crippen LogP contribution < -0.4 is 0 Å². The summed E-state index contributed by atoms with van der Waals surface area (Å²) in [6, 6.07) is 14.2. The van der Waals surface area contributed by atoms with Gasteiger partial charge in [-0.05, 0) is 31.2 Å². The fourth-order valence-corrected chi connectivity index (χ4v) is 6.63. The molecule has 2 atom stereocenters. The molecule has 3 rings (SSSR count). The number of sulfonamides is 1. The first-order valence-electron chi connectivity index (χ1n) is 6.24. The highest BCUT2D eigenvalue weighted by molar-refractivity contribution is 8.36. The van der Waals surface area contributed by atoms with Crippen LogP contribution in [0.4, 0.5) is 4.39 Å². The van der Waals surface area contributed by atoms with Crippen molar-refractivity contribution in [3.05, 3.63) is 60.2 Å². The molecule has 2 aromatic rings. The minimum absolute atomic E-state index is 0.104. The van der Waals surface area contributed by atoms with Crippen molar-refractivity contribution in [1.29, 1.82) is 0 Å². The van der Waals surface area contributed by atoms with Crippen LogP contribution in [-0.2, 0) is 14.3 Å². The average Bonchev–Trinajstić information content (AvgIpc) is 3.26. The van der Waals surface area contributed by atoms with Crippen molar-refractivity contribution >= 4 is 20.5 Å². The van der Waals surface area contributed by atoms with E-state index in [2.05, 4.69) is 0 Å². The van der Waals surface area contributed by atoms with E-state index in [9.17, 15) is 12.8 Å². The minimum atomic E-state index is -3.84. The molecule has 0 unspecified atom stereocenters. The Morgan fingerprint density at radius 3 is 2.29 bits per heavy atom. The van der Waals surface area contributed by atoms with Gasteiger partial charge < -0.3 is 0 Å². The average molecular weight is 327 g/mol. The molecule has 112 valence electrons. The van der Waals surface area contributed by atoms with E-state index >= 15 is 0 Å². The van der Waals surface area contributed by atoms with Gasteiger partial charge in [0.25, 0.3) is 10.0 Å². The maximum atomic E-state index is 13.5. The summed E-state index contributed by atoms with van der Waals surface area (Å²) < 4.78 is 44.6. The molecule has 0 aromatic heterocycles. The molecule has 1 heterocycles. The van der Waals surface area contributed by atoms with Crippen LogP contribution >= 0.6 is 10.5 Å². The van der Waals surface area contributed by atoms with Crippen LogP contribution in [0.2, 0.25) is 0 Å². The van der Waals surface area contributed by atoms with Crippen molar-refractivity contribution < 1.29 is 17.1 Å². The number of hydrogen-bond donors (Lipinski definition) is 0. The second kappa shape index (κ2) is 5.10. The Labute approximate surface area is 124 Å². The fourth-order valence-electron chi connectivity index (χ4n) is 1.97. The van der Waals surface area contributed by atoms with Crippen LogP contribution in [0.5, 0.6) is 0 Å². The molecule has 0 amide bonds. The predicted molar refractivity (Wildman–Crippen MR) is 79.6 cm³/mol.